The Hall–Kier alpha value is -2.74. The van der Waals surface area contributed by atoms with Crippen LogP contribution in [0.3, 0.4) is 0 Å². The monoisotopic (exact) mass is 309 g/mol. The van der Waals surface area contributed by atoms with E-state index in [1.54, 1.807) is 24.0 Å². The fourth-order valence-corrected chi connectivity index (χ4v) is 2.54. The average Bonchev–Trinajstić information content (AvgIpc) is 2.91. The molecule has 0 spiro atoms. The van der Waals surface area contributed by atoms with Crippen molar-refractivity contribution in [1.82, 2.24) is 9.78 Å². The quantitative estimate of drug-likeness (QED) is 0.607. The summed E-state index contributed by atoms with van der Waals surface area (Å²) < 4.78 is 1.66. The smallest absolute Gasteiger partial charge is 0.187 e. The summed E-state index contributed by atoms with van der Waals surface area (Å²) in [5.74, 6) is -2.00. The molecule has 2 aromatic rings. The van der Waals surface area contributed by atoms with Crippen molar-refractivity contribution in [2.24, 2.45) is 13.0 Å². The lowest BCUT2D eigenvalue weighted by Crippen LogP contribution is -2.24. The van der Waals surface area contributed by atoms with Gasteiger partial charge in [0.2, 0.25) is 0 Å². The molecule has 0 unspecified atom stereocenters. The molecule has 0 radical (unpaired) electrons. The molecule has 1 aromatic carbocycles. The number of rotatable bonds is 6. The van der Waals surface area contributed by atoms with E-state index in [9.17, 15) is 14.9 Å². The molecule has 0 aliphatic carbocycles. The highest BCUT2D eigenvalue weighted by molar-refractivity contribution is 6.13. The zero-order valence-corrected chi connectivity index (χ0v) is 13.5. The molecule has 0 amide bonds. The van der Waals surface area contributed by atoms with Gasteiger partial charge in [0.15, 0.2) is 17.5 Å². The molecule has 0 saturated heterocycles. The number of ketones is 2. The van der Waals surface area contributed by atoms with Gasteiger partial charge in [-0.25, -0.2) is 0 Å². The van der Waals surface area contributed by atoms with E-state index in [1.807, 2.05) is 38.2 Å². The molecule has 118 valence electrons. The van der Waals surface area contributed by atoms with Gasteiger partial charge >= 0.3 is 0 Å². The predicted molar refractivity (Wildman–Crippen MR) is 85.9 cm³/mol. The number of Topliss-reactive ketones (excluding diaryl/α,β-unsaturated/α-hetero) is 2. The minimum absolute atomic E-state index is 0.153. The van der Waals surface area contributed by atoms with Crippen molar-refractivity contribution < 1.29 is 9.59 Å². The van der Waals surface area contributed by atoms with Crippen molar-refractivity contribution >= 4 is 11.6 Å². The number of carbonyl (C=O) groups is 2. The molecular formula is C18H19N3O2. The molecule has 2 rings (SSSR count). The summed E-state index contributed by atoms with van der Waals surface area (Å²) in [6.45, 7) is 3.75. The molecule has 5 nitrogen and oxygen atoms in total. The molecule has 5 heteroatoms. The Morgan fingerprint density at radius 2 is 2.09 bits per heavy atom. The zero-order chi connectivity index (χ0) is 17.0. The van der Waals surface area contributed by atoms with Gasteiger partial charge in [-0.15, -0.1) is 0 Å². The predicted octanol–water partition coefficient (Wildman–Crippen LogP) is 2.56. The summed E-state index contributed by atoms with van der Waals surface area (Å²) in [5, 5.41) is 13.3. The van der Waals surface area contributed by atoms with Gasteiger partial charge in [-0.1, -0.05) is 23.8 Å². The number of benzene rings is 1. The van der Waals surface area contributed by atoms with Gasteiger partial charge in [-0.05, 0) is 31.4 Å². The van der Waals surface area contributed by atoms with Crippen LogP contribution >= 0.6 is 0 Å². The van der Waals surface area contributed by atoms with Crippen LogP contribution in [0.4, 0.5) is 0 Å². The van der Waals surface area contributed by atoms with Gasteiger partial charge < -0.3 is 0 Å². The number of hydrogen-bond donors (Lipinski definition) is 0. The number of nitriles is 1. The van der Waals surface area contributed by atoms with Gasteiger partial charge in [-0.2, -0.15) is 10.4 Å². The number of hydrogen-bond acceptors (Lipinski definition) is 4. The van der Waals surface area contributed by atoms with Gasteiger partial charge in [0.05, 0.1) is 12.3 Å². The highest BCUT2D eigenvalue weighted by Gasteiger charge is 2.28. The first-order valence-corrected chi connectivity index (χ1v) is 7.43. The first kappa shape index (κ1) is 16.6. The van der Waals surface area contributed by atoms with Gasteiger partial charge in [0.1, 0.15) is 0 Å². The van der Waals surface area contributed by atoms with E-state index in [-0.39, 0.29) is 12.2 Å². The fourth-order valence-electron chi connectivity index (χ4n) is 2.54. The molecular weight excluding hydrogens is 290 g/mol. The Balaban J connectivity index is 2.10. The molecule has 1 heterocycles. The lowest BCUT2D eigenvalue weighted by atomic mass is 9.89. The lowest BCUT2D eigenvalue weighted by Gasteiger charge is -2.10. The standard InChI is InChI=1S/C18H19N3O2/c1-12-4-6-15(13(2)8-12)18(23)16(9-19)17(22)7-5-14-10-20-21(3)11-14/h4,6,8,10-11,16H,5,7H2,1-3H3/t16-/m0/s1. The van der Waals surface area contributed by atoms with Crippen LogP contribution in [0.25, 0.3) is 0 Å². The molecule has 0 saturated carbocycles. The van der Waals surface area contributed by atoms with E-state index in [0.717, 1.165) is 16.7 Å². The summed E-state index contributed by atoms with van der Waals surface area (Å²) in [6.07, 6.45) is 4.13. The zero-order valence-electron chi connectivity index (χ0n) is 13.5. The van der Waals surface area contributed by atoms with E-state index in [2.05, 4.69) is 5.10 Å². The van der Waals surface area contributed by atoms with Crippen LogP contribution in [0.5, 0.6) is 0 Å². The summed E-state index contributed by atoms with van der Waals surface area (Å²) in [5.41, 5.74) is 3.18. The third-order valence-corrected chi connectivity index (χ3v) is 3.78. The minimum atomic E-state index is -1.24. The maximum atomic E-state index is 12.5. The lowest BCUT2D eigenvalue weighted by molar-refractivity contribution is -0.120. The van der Waals surface area contributed by atoms with Crippen LogP contribution in [0.1, 0.15) is 33.5 Å². The molecule has 23 heavy (non-hydrogen) atoms. The molecule has 0 fully saturated rings. The van der Waals surface area contributed by atoms with Gasteiger partial charge in [0.25, 0.3) is 0 Å². The largest absolute Gasteiger partial charge is 0.298 e. The number of nitrogens with zero attached hydrogens (tertiary/aromatic N) is 3. The molecule has 0 bridgehead atoms. The molecule has 0 aliphatic rings. The normalized spacial score (nSPS) is 11.7. The highest BCUT2D eigenvalue weighted by atomic mass is 16.1. The van der Waals surface area contributed by atoms with Crippen LogP contribution in [0, 0.1) is 31.1 Å². The van der Waals surface area contributed by atoms with E-state index in [4.69, 9.17) is 0 Å². The Morgan fingerprint density at radius 3 is 2.65 bits per heavy atom. The summed E-state index contributed by atoms with van der Waals surface area (Å²) in [6, 6.07) is 7.24. The van der Waals surface area contributed by atoms with Crippen molar-refractivity contribution in [2.75, 3.05) is 0 Å². The molecule has 1 atom stereocenters. The first-order valence-electron chi connectivity index (χ1n) is 7.43. The number of aromatic nitrogens is 2. The van der Waals surface area contributed by atoms with Crippen molar-refractivity contribution in [2.45, 2.75) is 26.7 Å². The Morgan fingerprint density at radius 1 is 1.35 bits per heavy atom. The molecule has 0 aliphatic heterocycles. The maximum absolute atomic E-state index is 12.5. The van der Waals surface area contributed by atoms with Crippen molar-refractivity contribution in [1.29, 1.82) is 5.26 Å². The average molecular weight is 309 g/mol. The first-order chi connectivity index (χ1) is 10.9. The minimum Gasteiger partial charge on any atom is -0.298 e. The van der Waals surface area contributed by atoms with Crippen molar-refractivity contribution in [3.8, 4) is 6.07 Å². The van der Waals surface area contributed by atoms with Gasteiger partial charge in [-0.3, -0.25) is 14.3 Å². The van der Waals surface area contributed by atoms with E-state index >= 15 is 0 Å². The third kappa shape index (κ3) is 3.92. The van der Waals surface area contributed by atoms with Crippen LogP contribution in [0.15, 0.2) is 30.6 Å². The maximum Gasteiger partial charge on any atom is 0.187 e. The van der Waals surface area contributed by atoms with E-state index in [0.29, 0.717) is 12.0 Å². The third-order valence-electron chi connectivity index (χ3n) is 3.78. The van der Waals surface area contributed by atoms with Crippen molar-refractivity contribution in [3.05, 3.63) is 52.8 Å². The Labute approximate surface area is 135 Å². The second kappa shape index (κ2) is 7.01. The second-order valence-electron chi connectivity index (χ2n) is 5.73. The summed E-state index contributed by atoms with van der Waals surface area (Å²) in [7, 11) is 1.80. The summed E-state index contributed by atoms with van der Waals surface area (Å²) in [4.78, 5) is 24.8. The molecule has 0 N–H and O–H groups in total. The topological polar surface area (TPSA) is 75.8 Å². The number of carbonyl (C=O) groups excluding carboxylic acids is 2. The SMILES string of the molecule is Cc1ccc(C(=O)[C@@H](C#N)C(=O)CCc2cnn(C)c2)c(C)c1. The van der Waals surface area contributed by atoms with E-state index < -0.39 is 11.7 Å². The van der Waals surface area contributed by atoms with Crippen molar-refractivity contribution in [3.63, 3.8) is 0 Å². The summed E-state index contributed by atoms with van der Waals surface area (Å²) >= 11 is 0. The van der Waals surface area contributed by atoms with Crippen LogP contribution < -0.4 is 0 Å². The fraction of sp³-hybridized carbons (Fsp3) is 0.333. The molecule has 1 aromatic heterocycles. The van der Waals surface area contributed by atoms with Crippen LogP contribution in [0.2, 0.25) is 0 Å². The van der Waals surface area contributed by atoms with E-state index in [1.165, 1.54) is 0 Å². The Bertz CT molecular complexity index is 784. The number of aryl methyl sites for hydroxylation is 4. The Kier molecular flexibility index (Phi) is 5.07. The van der Waals surface area contributed by atoms with Gasteiger partial charge in [0, 0.05) is 25.2 Å². The second-order valence-corrected chi connectivity index (χ2v) is 5.73. The highest BCUT2D eigenvalue weighted by Crippen LogP contribution is 2.17. The van der Waals surface area contributed by atoms with Crippen LogP contribution in [-0.4, -0.2) is 21.3 Å². The van der Waals surface area contributed by atoms with Crippen LogP contribution in [-0.2, 0) is 18.3 Å².